The number of aromatic nitrogens is 3. The first-order valence-electron chi connectivity index (χ1n) is 10.2. The third kappa shape index (κ3) is 5.07. The van der Waals surface area contributed by atoms with Crippen LogP contribution in [0.1, 0.15) is 10.5 Å². The normalized spacial score (nSPS) is 10.9. The molecule has 3 aromatic carbocycles. The third-order valence-corrected chi connectivity index (χ3v) is 6.00. The summed E-state index contributed by atoms with van der Waals surface area (Å²) in [7, 11) is 0. The van der Waals surface area contributed by atoms with Gasteiger partial charge in [-0.25, -0.2) is 13.2 Å². The topological polar surface area (TPSA) is 90.1 Å². The molecule has 1 amide bonds. The van der Waals surface area contributed by atoms with Crippen molar-refractivity contribution >= 4 is 34.0 Å². The molecule has 7 nitrogen and oxygen atoms in total. The third-order valence-electron chi connectivity index (χ3n) is 4.81. The number of nitrogens with one attached hydrogen (secondary N) is 1. The second-order valence-electron chi connectivity index (χ2n) is 7.27. The zero-order chi connectivity index (χ0) is 25.2. The lowest BCUT2D eigenvalue weighted by Crippen LogP contribution is -2.11. The summed E-state index contributed by atoms with van der Waals surface area (Å²) in [5, 5.41) is 15.2. The first-order chi connectivity index (χ1) is 17.4. The van der Waals surface area contributed by atoms with Crippen LogP contribution in [0.3, 0.4) is 0 Å². The largest absolute Gasteiger partial charge is 0.457 e. The van der Waals surface area contributed by atoms with E-state index in [9.17, 15) is 18.0 Å². The Morgan fingerprint density at radius 3 is 2.44 bits per heavy atom. The summed E-state index contributed by atoms with van der Waals surface area (Å²) in [6.45, 7) is 0. The number of ether oxygens (including phenoxy) is 1. The molecule has 0 saturated carbocycles. The Bertz CT molecular complexity index is 1570. The molecule has 0 bridgehead atoms. The molecule has 0 aliphatic heterocycles. The van der Waals surface area contributed by atoms with E-state index < -0.39 is 17.5 Å². The highest BCUT2D eigenvalue weighted by Gasteiger charge is 2.18. The van der Waals surface area contributed by atoms with Crippen LogP contribution < -0.4 is 10.1 Å². The Balaban J connectivity index is 1.27. The minimum absolute atomic E-state index is 0.0896. The van der Waals surface area contributed by atoms with Crippen molar-refractivity contribution in [2.24, 2.45) is 0 Å². The van der Waals surface area contributed by atoms with Crippen LogP contribution in [0.15, 0.2) is 71.3 Å². The standard InChI is InChI=1S/C24H12ClF3N4O3S/c25-17-10-15(34-14-4-2-13(26)3-5-14)6-7-16(17)23-30-31-24(36-23)29-22(33)20-11-21(35-32-20)12-1-8-18(27)19(28)9-12/h1-11H,(H,29,31,33). The predicted molar refractivity (Wildman–Crippen MR) is 127 cm³/mol. The van der Waals surface area contributed by atoms with E-state index in [0.717, 1.165) is 23.5 Å². The summed E-state index contributed by atoms with van der Waals surface area (Å²) in [5.74, 6) is -2.08. The van der Waals surface area contributed by atoms with Gasteiger partial charge in [0.2, 0.25) is 5.13 Å². The first kappa shape index (κ1) is 23.5. The van der Waals surface area contributed by atoms with Gasteiger partial charge in [-0.15, -0.1) is 10.2 Å². The van der Waals surface area contributed by atoms with Crippen molar-refractivity contribution < 1.29 is 27.2 Å². The summed E-state index contributed by atoms with van der Waals surface area (Å²) in [4.78, 5) is 12.5. The fourth-order valence-corrected chi connectivity index (χ4v) is 4.18. The van der Waals surface area contributed by atoms with Crippen molar-refractivity contribution in [3.8, 4) is 33.4 Å². The van der Waals surface area contributed by atoms with E-state index >= 15 is 0 Å². The van der Waals surface area contributed by atoms with Crippen LogP contribution in [0.2, 0.25) is 5.02 Å². The van der Waals surface area contributed by atoms with Crippen LogP contribution in [0.25, 0.3) is 21.9 Å². The molecule has 180 valence electrons. The van der Waals surface area contributed by atoms with E-state index in [1.807, 2.05) is 0 Å². The Morgan fingerprint density at radius 1 is 0.917 bits per heavy atom. The van der Waals surface area contributed by atoms with Crippen LogP contribution in [-0.4, -0.2) is 21.3 Å². The number of carbonyl (C=O) groups excluding carboxylic acids is 1. The number of carbonyl (C=O) groups is 1. The minimum atomic E-state index is -1.05. The van der Waals surface area contributed by atoms with Crippen molar-refractivity contribution in [1.82, 2.24) is 15.4 Å². The number of hydrogen-bond donors (Lipinski definition) is 1. The van der Waals surface area contributed by atoms with E-state index in [2.05, 4.69) is 20.7 Å². The maximum atomic E-state index is 13.5. The number of amides is 1. The molecular weight excluding hydrogens is 517 g/mol. The smallest absolute Gasteiger partial charge is 0.279 e. The lowest BCUT2D eigenvalue weighted by atomic mass is 10.1. The van der Waals surface area contributed by atoms with Gasteiger partial charge in [-0.1, -0.05) is 28.1 Å². The maximum Gasteiger partial charge on any atom is 0.279 e. The first-order valence-corrected chi connectivity index (χ1v) is 11.4. The van der Waals surface area contributed by atoms with Gasteiger partial charge in [-0.05, 0) is 54.6 Å². The van der Waals surface area contributed by atoms with Crippen molar-refractivity contribution in [2.75, 3.05) is 5.32 Å². The SMILES string of the molecule is O=C(Nc1nnc(-c2ccc(Oc3ccc(F)cc3)cc2Cl)s1)c1cc(-c2ccc(F)c(F)c2)on1. The summed E-state index contributed by atoms with van der Waals surface area (Å²) >= 11 is 7.46. The fraction of sp³-hybridized carbons (Fsp3) is 0. The van der Waals surface area contributed by atoms with E-state index in [-0.39, 0.29) is 28.0 Å². The fourth-order valence-electron chi connectivity index (χ4n) is 3.08. The maximum absolute atomic E-state index is 13.5. The molecule has 5 aromatic rings. The van der Waals surface area contributed by atoms with Gasteiger partial charge in [0, 0.05) is 23.3 Å². The van der Waals surface area contributed by atoms with Gasteiger partial charge >= 0.3 is 0 Å². The Labute approximate surface area is 210 Å². The Hall–Kier alpha value is -4.22. The van der Waals surface area contributed by atoms with E-state index in [0.29, 0.717) is 27.1 Å². The van der Waals surface area contributed by atoms with Crippen LogP contribution in [-0.2, 0) is 0 Å². The lowest BCUT2D eigenvalue weighted by molar-refractivity contribution is 0.101. The monoisotopic (exact) mass is 528 g/mol. The summed E-state index contributed by atoms with van der Waals surface area (Å²) in [6.07, 6.45) is 0. The Morgan fingerprint density at radius 2 is 1.69 bits per heavy atom. The predicted octanol–water partition coefficient (Wildman–Crippen LogP) is 6.98. The number of anilines is 1. The van der Waals surface area contributed by atoms with Gasteiger partial charge < -0.3 is 9.26 Å². The molecule has 0 aliphatic rings. The molecule has 5 rings (SSSR count). The molecule has 0 fully saturated rings. The average Bonchev–Trinajstić information content (AvgIpc) is 3.53. The van der Waals surface area contributed by atoms with Gasteiger partial charge in [-0.3, -0.25) is 10.1 Å². The minimum Gasteiger partial charge on any atom is -0.457 e. The van der Waals surface area contributed by atoms with Gasteiger partial charge in [-0.2, -0.15) is 0 Å². The zero-order valence-corrected chi connectivity index (χ0v) is 19.4. The highest BCUT2D eigenvalue weighted by atomic mass is 35.5. The quantitative estimate of drug-likeness (QED) is 0.256. The van der Waals surface area contributed by atoms with Crippen LogP contribution in [0.4, 0.5) is 18.3 Å². The number of halogens is 4. The highest BCUT2D eigenvalue weighted by molar-refractivity contribution is 7.18. The molecule has 0 radical (unpaired) electrons. The molecule has 36 heavy (non-hydrogen) atoms. The van der Waals surface area contributed by atoms with Crippen molar-refractivity contribution in [3.63, 3.8) is 0 Å². The molecule has 1 N–H and O–H groups in total. The van der Waals surface area contributed by atoms with Crippen molar-refractivity contribution in [3.05, 3.63) is 94.9 Å². The summed E-state index contributed by atoms with van der Waals surface area (Å²) in [6, 6.07) is 15.0. The molecule has 0 atom stereocenters. The molecule has 0 saturated heterocycles. The van der Waals surface area contributed by atoms with Gasteiger partial charge in [0.25, 0.3) is 5.91 Å². The molecule has 0 unspecified atom stereocenters. The van der Waals surface area contributed by atoms with E-state index in [1.165, 1.54) is 36.4 Å². The van der Waals surface area contributed by atoms with E-state index in [4.69, 9.17) is 20.9 Å². The van der Waals surface area contributed by atoms with Crippen molar-refractivity contribution in [1.29, 1.82) is 0 Å². The van der Waals surface area contributed by atoms with Crippen LogP contribution in [0, 0.1) is 17.5 Å². The summed E-state index contributed by atoms with van der Waals surface area (Å²) < 4.78 is 50.4. The number of nitrogens with zero attached hydrogens (tertiary/aromatic N) is 3. The zero-order valence-electron chi connectivity index (χ0n) is 17.8. The molecule has 0 aliphatic carbocycles. The highest BCUT2D eigenvalue weighted by Crippen LogP contribution is 2.35. The number of benzene rings is 3. The number of rotatable bonds is 6. The van der Waals surface area contributed by atoms with Gasteiger partial charge in [0.1, 0.15) is 17.3 Å². The summed E-state index contributed by atoms with van der Waals surface area (Å²) in [5.41, 5.74) is 0.690. The molecule has 2 aromatic heterocycles. The molecular formula is C24H12ClF3N4O3S. The molecule has 2 heterocycles. The van der Waals surface area contributed by atoms with Crippen molar-refractivity contribution in [2.45, 2.75) is 0 Å². The average molecular weight is 529 g/mol. The van der Waals surface area contributed by atoms with Gasteiger partial charge in [0.15, 0.2) is 28.1 Å². The number of hydrogen-bond acceptors (Lipinski definition) is 7. The van der Waals surface area contributed by atoms with Crippen LogP contribution >= 0.6 is 22.9 Å². The lowest BCUT2D eigenvalue weighted by Gasteiger charge is -2.07. The second kappa shape index (κ2) is 9.80. The molecule has 12 heteroatoms. The van der Waals surface area contributed by atoms with Crippen LogP contribution in [0.5, 0.6) is 11.5 Å². The van der Waals surface area contributed by atoms with Gasteiger partial charge in [0.05, 0.1) is 5.02 Å². The van der Waals surface area contributed by atoms with E-state index in [1.54, 1.807) is 18.2 Å². The second-order valence-corrected chi connectivity index (χ2v) is 8.65. The molecule has 0 spiro atoms. The Kier molecular flexibility index (Phi) is 6.40.